The Hall–Kier alpha value is -1.14. The minimum Gasteiger partial charge on any atom is -0.368 e. The summed E-state index contributed by atoms with van der Waals surface area (Å²) in [6.07, 6.45) is 0. The van der Waals surface area contributed by atoms with Crippen LogP contribution in [-0.4, -0.2) is 33.7 Å². The van der Waals surface area contributed by atoms with E-state index in [1.165, 1.54) is 12.1 Å². The fraction of sp³-hybridized carbons (Fsp3) is 0.400. The second kappa shape index (κ2) is 5.01. The molecule has 0 N–H and O–H groups in total. The van der Waals surface area contributed by atoms with Crippen LogP contribution in [0.25, 0.3) is 0 Å². The molecule has 1 aliphatic heterocycles. The van der Waals surface area contributed by atoms with E-state index in [0.717, 1.165) is 5.69 Å². The maximum Gasteiger partial charge on any atom is 0.271 e. The molecule has 1 aliphatic rings. The largest absolute Gasteiger partial charge is 0.368 e. The molecule has 0 amide bonds. The van der Waals surface area contributed by atoms with E-state index in [4.69, 9.17) is 11.6 Å². The molecule has 17 heavy (non-hydrogen) atoms. The van der Waals surface area contributed by atoms with Crippen LogP contribution in [0.15, 0.2) is 18.2 Å². The molecular weight excluding hydrogens is 264 g/mol. The number of halogens is 1. The second-order valence-corrected chi connectivity index (χ2v) is 5.83. The minimum atomic E-state index is -0.746. The van der Waals surface area contributed by atoms with Gasteiger partial charge in [-0.1, -0.05) is 11.6 Å². The zero-order chi connectivity index (χ0) is 12.4. The van der Waals surface area contributed by atoms with Gasteiger partial charge in [-0.3, -0.25) is 14.3 Å². The van der Waals surface area contributed by atoms with Gasteiger partial charge in [0.05, 0.1) is 15.6 Å². The molecule has 0 aromatic heterocycles. The molecule has 1 heterocycles. The first-order valence-corrected chi connectivity index (χ1v) is 6.98. The smallest absolute Gasteiger partial charge is 0.271 e. The summed E-state index contributed by atoms with van der Waals surface area (Å²) in [5.74, 6) is 1.24. The predicted octanol–water partition coefficient (Wildman–Crippen LogP) is 1.82. The highest BCUT2D eigenvalue weighted by atomic mass is 35.5. The molecule has 0 bridgehead atoms. The summed E-state index contributed by atoms with van der Waals surface area (Å²) in [7, 11) is -0.746. The van der Waals surface area contributed by atoms with Gasteiger partial charge in [0.1, 0.15) is 0 Å². The highest BCUT2D eigenvalue weighted by Crippen LogP contribution is 2.30. The van der Waals surface area contributed by atoms with Crippen LogP contribution in [0, 0.1) is 10.1 Å². The van der Waals surface area contributed by atoms with Crippen molar-refractivity contribution < 1.29 is 9.13 Å². The second-order valence-electron chi connectivity index (χ2n) is 3.73. The van der Waals surface area contributed by atoms with Crippen molar-refractivity contribution in [3.05, 3.63) is 33.3 Å². The first kappa shape index (κ1) is 12.3. The number of benzene rings is 1. The van der Waals surface area contributed by atoms with E-state index >= 15 is 0 Å². The van der Waals surface area contributed by atoms with Crippen LogP contribution in [-0.2, 0) is 10.8 Å². The number of hydrogen-bond acceptors (Lipinski definition) is 4. The third-order valence-electron chi connectivity index (χ3n) is 2.66. The maximum absolute atomic E-state index is 11.2. The van der Waals surface area contributed by atoms with Crippen molar-refractivity contribution in [3.63, 3.8) is 0 Å². The van der Waals surface area contributed by atoms with Crippen molar-refractivity contribution in [3.8, 4) is 0 Å². The average Bonchev–Trinajstić information content (AvgIpc) is 2.30. The molecule has 5 nitrogen and oxygen atoms in total. The first-order chi connectivity index (χ1) is 8.08. The Morgan fingerprint density at radius 1 is 1.35 bits per heavy atom. The molecule has 1 saturated heterocycles. The van der Waals surface area contributed by atoms with E-state index in [1.54, 1.807) is 6.07 Å². The zero-order valence-corrected chi connectivity index (χ0v) is 10.5. The molecule has 1 aromatic rings. The van der Waals surface area contributed by atoms with Crippen molar-refractivity contribution in [1.29, 1.82) is 0 Å². The van der Waals surface area contributed by atoms with Crippen LogP contribution < -0.4 is 4.90 Å². The Morgan fingerprint density at radius 3 is 2.53 bits per heavy atom. The van der Waals surface area contributed by atoms with Crippen molar-refractivity contribution in [2.75, 3.05) is 29.5 Å². The number of nitro groups is 1. The molecule has 0 unspecified atom stereocenters. The van der Waals surface area contributed by atoms with Crippen molar-refractivity contribution in [1.82, 2.24) is 0 Å². The lowest BCUT2D eigenvalue weighted by Gasteiger charge is -2.28. The Morgan fingerprint density at radius 2 is 2.00 bits per heavy atom. The number of non-ortho nitro benzene ring substituents is 1. The molecule has 0 spiro atoms. The summed E-state index contributed by atoms with van der Waals surface area (Å²) in [5.41, 5.74) is 0.758. The van der Waals surface area contributed by atoms with Crippen LogP contribution in [0.2, 0.25) is 5.02 Å². The lowest BCUT2D eigenvalue weighted by atomic mass is 10.2. The summed E-state index contributed by atoms with van der Waals surface area (Å²) in [5, 5.41) is 10.9. The third-order valence-corrected chi connectivity index (χ3v) is 4.24. The third kappa shape index (κ3) is 2.76. The SMILES string of the molecule is O=[N+]([O-])c1ccc(N2CCS(=O)CC2)c(Cl)c1. The molecule has 0 saturated carbocycles. The van der Waals surface area contributed by atoms with Crippen LogP contribution in [0.4, 0.5) is 11.4 Å². The van der Waals surface area contributed by atoms with Crippen molar-refractivity contribution in [2.45, 2.75) is 0 Å². The number of nitro benzene ring substituents is 1. The number of nitrogens with zero attached hydrogens (tertiary/aromatic N) is 2. The van der Waals surface area contributed by atoms with E-state index in [9.17, 15) is 14.3 Å². The summed E-state index contributed by atoms with van der Waals surface area (Å²) >= 11 is 6.02. The van der Waals surface area contributed by atoms with Gasteiger partial charge in [-0.25, -0.2) is 0 Å². The van der Waals surface area contributed by atoms with Gasteiger partial charge in [0.2, 0.25) is 0 Å². The van der Waals surface area contributed by atoms with E-state index in [1.807, 2.05) is 4.90 Å². The topological polar surface area (TPSA) is 63.5 Å². The molecule has 7 heteroatoms. The summed E-state index contributed by atoms with van der Waals surface area (Å²) in [6.45, 7) is 1.34. The van der Waals surface area contributed by atoms with Gasteiger partial charge in [-0.15, -0.1) is 0 Å². The average molecular weight is 275 g/mol. The molecule has 2 rings (SSSR count). The fourth-order valence-electron chi connectivity index (χ4n) is 1.74. The number of hydrogen-bond donors (Lipinski definition) is 0. The molecular formula is C10H11ClN2O3S. The highest BCUT2D eigenvalue weighted by molar-refractivity contribution is 7.85. The minimum absolute atomic E-state index is 0.0145. The van der Waals surface area contributed by atoms with E-state index in [0.29, 0.717) is 29.6 Å². The van der Waals surface area contributed by atoms with Crippen LogP contribution >= 0.6 is 11.6 Å². The van der Waals surface area contributed by atoms with E-state index in [2.05, 4.69) is 0 Å². The maximum atomic E-state index is 11.2. The van der Waals surface area contributed by atoms with E-state index < -0.39 is 15.7 Å². The Balaban J connectivity index is 2.21. The van der Waals surface area contributed by atoms with Crippen LogP contribution in [0.1, 0.15) is 0 Å². The number of anilines is 1. The molecule has 1 fully saturated rings. The van der Waals surface area contributed by atoms with E-state index in [-0.39, 0.29) is 5.69 Å². The summed E-state index contributed by atoms with van der Waals surface area (Å²) < 4.78 is 11.2. The van der Waals surface area contributed by atoms with Gasteiger partial charge >= 0.3 is 0 Å². The van der Waals surface area contributed by atoms with Crippen LogP contribution in [0.3, 0.4) is 0 Å². The van der Waals surface area contributed by atoms with Gasteiger partial charge in [0.15, 0.2) is 0 Å². The molecule has 0 aliphatic carbocycles. The van der Waals surface area contributed by atoms with Gasteiger partial charge in [0, 0.05) is 47.5 Å². The molecule has 92 valence electrons. The van der Waals surface area contributed by atoms with Crippen molar-refractivity contribution in [2.24, 2.45) is 0 Å². The molecule has 1 aromatic carbocycles. The first-order valence-electron chi connectivity index (χ1n) is 5.12. The van der Waals surface area contributed by atoms with Crippen molar-refractivity contribution >= 4 is 33.8 Å². The Bertz CT molecular complexity index is 471. The normalized spacial score (nSPS) is 17.1. The quantitative estimate of drug-likeness (QED) is 0.609. The van der Waals surface area contributed by atoms with Gasteiger partial charge in [-0.2, -0.15) is 0 Å². The lowest BCUT2D eigenvalue weighted by Crippen LogP contribution is -2.37. The standard InChI is InChI=1S/C10H11ClN2O3S/c11-9-7-8(13(14)15)1-2-10(9)12-3-5-17(16)6-4-12/h1-2,7H,3-6H2. The van der Waals surface area contributed by atoms with Gasteiger partial charge in [-0.05, 0) is 6.07 Å². The van der Waals surface area contributed by atoms with Gasteiger partial charge in [0.25, 0.3) is 5.69 Å². The monoisotopic (exact) mass is 274 g/mol. The predicted molar refractivity (Wildman–Crippen MR) is 68.2 cm³/mol. The highest BCUT2D eigenvalue weighted by Gasteiger charge is 2.19. The fourth-order valence-corrected chi connectivity index (χ4v) is 3.09. The zero-order valence-electron chi connectivity index (χ0n) is 8.97. The molecule has 0 radical (unpaired) electrons. The molecule has 0 atom stereocenters. The summed E-state index contributed by atoms with van der Waals surface area (Å²) in [6, 6.07) is 4.43. The number of rotatable bonds is 2. The lowest BCUT2D eigenvalue weighted by molar-refractivity contribution is -0.384. The summed E-state index contributed by atoms with van der Waals surface area (Å²) in [4.78, 5) is 12.1. The Kier molecular flexibility index (Phi) is 3.63. The van der Waals surface area contributed by atoms with Gasteiger partial charge < -0.3 is 4.90 Å². The Labute approximate surface area is 106 Å². The van der Waals surface area contributed by atoms with Crippen LogP contribution in [0.5, 0.6) is 0 Å².